The molecule has 9 heteroatoms. The number of likely N-dealkylation sites (tertiary alicyclic amines) is 1. The zero-order chi connectivity index (χ0) is 21.7. The summed E-state index contributed by atoms with van der Waals surface area (Å²) in [5.41, 5.74) is 0.685. The topological polar surface area (TPSA) is 96.0 Å². The fraction of sp³-hybridized carbons (Fsp3) is 0.524. The number of nitrogens with zero attached hydrogens (tertiary/aromatic N) is 2. The van der Waals surface area contributed by atoms with Gasteiger partial charge in [-0.2, -0.15) is 0 Å². The monoisotopic (exact) mass is 419 g/mol. The molecule has 0 saturated carbocycles. The number of amides is 4. The van der Waals surface area contributed by atoms with E-state index in [1.54, 1.807) is 17.0 Å². The van der Waals surface area contributed by atoms with Crippen LogP contribution < -0.4 is 5.32 Å². The highest BCUT2D eigenvalue weighted by Gasteiger charge is 2.39. The smallest absolute Gasteiger partial charge is 0.324 e. The van der Waals surface area contributed by atoms with Crippen molar-refractivity contribution in [1.29, 1.82) is 0 Å². The third-order valence-electron chi connectivity index (χ3n) is 5.65. The van der Waals surface area contributed by atoms with E-state index in [9.17, 15) is 23.6 Å². The largest absolute Gasteiger partial charge is 0.469 e. The number of rotatable bonds is 7. The fourth-order valence-electron chi connectivity index (χ4n) is 3.87. The zero-order valence-corrected chi connectivity index (χ0v) is 16.9. The van der Waals surface area contributed by atoms with Crippen molar-refractivity contribution in [3.8, 4) is 0 Å². The number of nitrogens with one attached hydrogen (secondary N) is 1. The quantitative estimate of drug-likeness (QED) is 0.534. The summed E-state index contributed by atoms with van der Waals surface area (Å²) in [4.78, 5) is 51.5. The lowest BCUT2D eigenvalue weighted by Crippen LogP contribution is -2.43. The zero-order valence-electron chi connectivity index (χ0n) is 16.9. The molecular weight excluding hydrogens is 393 g/mol. The number of halogens is 1. The summed E-state index contributed by atoms with van der Waals surface area (Å²) in [6.07, 6.45) is 1.99. The Morgan fingerprint density at radius 2 is 1.93 bits per heavy atom. The van der Waals surface area contributed by atoms with E-state index < -0.39 is 18.0 Å². The fourth-order valence-corrected chi connectivity index (χ4v) is 3.87. The summed E-state index contributed by atoms with van der Waals surface area (Å²) in [7, 11) is 1.36. The van der Waals surface area contributed by atoms with Gasteiger partial charge in [-0.1, -0.05) is 12.1 Å². The van der Waals surface area contributed by atoms with Gasteiger partial charge in [-0.25, -0.2) is 9.18 Å². The van der Waals surface area contributed by atoms with Crippen molar-refractivity contribution in [2.24, 2.45) is 5.92 Å². The van der Waals surface area contributed by atoms with E-state index in [0.717, 1.165) is 4.90 Å². The van der Waals surface area contributed by atoms with Gasteiger partial charge in [-0.3, -0.25) is 19.3 Å². The molecule has 2 heterocycles. The van der Waals surface area contributed by atoms with Gasteiger partial charge in [-0.05, 0) is 42.9 Å². The third kappa shape index (κ3) is 5.34. The van der Waals surface area contributed by atoms with E-state index in [2.05, 4.69) is 10.1 Å². The van der Waals surface area contributed by atoms with Gasteiger partial charge < -0.3 is 15.0 Å². The second kappa shape index (κ2) is 9.69. The van der Waals surface area contributed by atoms with Crippen LogP contribution in [0, 0.1) is 11.7 Å². The standard InChI is InChI=1S/C21H26FN3O5/c1-30-19(27)12-15-5-8-24(9-6-15)18(26)13-17-20(28)25(21(29)23-17)10-7-14-3-2-4-16(22)11-14/h2-4,11,15,17H,5-10,12-13H2,1H3,(H,23,29)/t17-/m1/s1. The van der Waals surface area contributed by atoms with Crippen molar-refractivity contribution in [2.75, 3.05) is 26.7 Å². The van der Waals surface area contributed by atoms with Crippen molar-refractivity contribution in [3.63, 3.8) is 0 Å². The Morgan fingerprint density at radius 3 is 2.60 bits per heavy atom. The van der Waals surface area contributed by atoms with Crippen molar-refractivity contribution in [1.82, 2.24) is 15.1 Å². The number of carbonyl (C=O) groups excluding carboxylic acids is 4. The van der Waals surface area contributed by atoms with Crippen LogP contribution >= 0.6 is 0 Å². The molecule has 0 bridgehead atoms. The average Bonchev–Trinajstić information content (AvgIpc) is 2.99. The maximum absolute atomic E-state index is 13.3. The molecule has 1 atom stereocenters. The van der Waals surface area contributed by atoms with Gasteiger partial charge in [0.2, 0.25) is 5.91 Å². The summed E-state index contributed by atoms with van der Waals surface area (Å²) in [5, 5.41) is 2.57. The van der Waals surface area contributed by atoms with Gasteiger partial charge in [0.1, 0.15) is 11.9 Å². The van der Waals surface area contributed by atoms with Crippen LogP contribution in [0.15, 0.2) is 24.3 Å². The molecule has 2 aliphatic rings. The van der Waals surface area contributed by atoms with Crippen LogP contribution in [-0.4, -0.2) is 66.4 Å². The van der Waals surface area contributed by atoms with Crippen LogP contribution in [0.1, 0.15) is 31.2 Å². The van der Waals surface area contributed by atoms with Gasteiger partial charge >= 0.3 is 12.0 Å². The first-order valence-electron chi connectivity index (χ1n) is 10.1. The first-order chi connectivity index (χ1) is 14.4. The lowest BCUT2D eigenvalue weighted by Gasteiger charge is -2.32. The van der Waals surface area contributed by atoms with Gasteiger partial charge in [0.05, 0.1) is 13.5 Å². The molecule has 2 aliphatic heterocycles. The van der Waals surface area contributed by atoms with E-state index in [1.165, 1.54) is 19.2 Å². The summed E-state index contributed by atoms with van der Waals surface area (Å²) < 4.78 is 18.0. The predicted molar refractivity (Wildman–Crippen MR) is 105 cm³/mol. The molecule has 1 aromatic carbocycles. The van der Waals surface area contributed by atoms with E-state index in [1.807, 2.05) is 0 Å². The van der Waals surface area contributed by atoms with Crippen LogP contribution in [0.25, 0.3) is 0 Å². The number of imide groups is 1. The molecule has 0 unspecified atom stereocenters. The Hall–Kier alpha value is -2.97. The van der Waals surface area contributed by atoms with Crippen molar-refractivity contribution < 1.29 is 28.3 Å². The molecule has 162 valence electrons. The second-order valence-electron chi connectivity index (χ2n) is 7.68. The highest BCUT2D eigenvalue weighted by molar-refractivity contribution is 6.05. The first-order valence-corrected chi connectivity index (χ1v) is 10.1. The van der Waals surface area contributed by atoms with Crippen LogP contribution in [0.5, 0.6) is 0 Å². The number of urea groups is 1. The normalized spacial score (nSPS) is 19.7. The Kier molecular flexibility index (Phi) is 7.02. The minimum absolute atomic E-state index is 0.0945. The van der Waals surface area contributed by atoms with E-state index >= 15 is 0 Å². The number of methoxy groups -OCH3 is 1. The maximum Gasteiger partial charge on any atom is 0.324 e. The highest BCUT2D eigenvalue weighted by Crippen LogP contribution is 2.22. The Bertz CT molecular complexity index is 823. The predicted octanol–water partition coefficient (Wildman–Crippen LogP) is 1.48. The SMILES string of the molecule is COC(=O)CC1CCN(C(=O)C[C@H]2NC(=O)N(CCc3cccc(F)c3)C2=O)CC1. The van der Waals surface area contributed by atoms with Gasteiger partial charge in [0, 0.05) is 26.1 Å². The van der Waals surface area contributed by atoms with Crippen molar-refractivity contribution >= 4 is 23.8 Å². The van der Waals surface area contributed by atoms with Gasteiger partial charge in [-0.15, -0.1) is 0 Å². The third-order valence-corrected chi connectivity index (χ3v) is 5.65. The van der Waals surface area contributed by atoms with Crippen LogP contribution in [0.4, 0.5) is 9.18 Å². The number of esters is 1. The molecule has 8 nitrogen and oxygen atoms in total. The lowest BCUT2D eigenvalue weighted by molar-refractivity contribution is -0.142. The average molecular weight is 419 g/mol. The molecule has 3 rings (SSSR count). The Labute approximate surface area is 174 Å². The Morgan fingerprint density at radius 1 is 1.20 bits per heavy atom. The number of hydrogen-bond acceptors (Lipinski definition) is 5. The number of piperidine rings is 1. The van der Waals surface area contributed by atoms with E-state index in [0.29, 0.717) is 44.3 Å². The minimum atomic E-state index is -0.884. The molecule has 1 aromatic rings. The van der Waals surface area contributed by atoms with Crippen LogP contribution in [0.3, 0.4) is 0 Å². The molecule has 0 aromatic heterocycles. The molecule has 0 aliphatic carbocycles. The van der Waals surface area contributed by atoms with E-state index in [4.69, 9.17) is 0 Å². The van der Waals surface area contributed by atoms with Crippen LogP contribution in [-0.2, 0) is 25.5 Å². The number of benzene rings is 1. The summed E-state index contributed by atoms with van der Waals surface area (Å²) in [6.45, 7) is 1.15. The maximum atomic E-state index is 13.3. The summed E-state index contributed by atoms with van der Waals surface area (Å²) in [5.74, 6) is -1.07. The van der Waals surface area contributed by atoms with Crippen molar-refractivity contribution in [2.45, 2.75) is 38.1 Å². The summed E-state index contributed by atoms with van der Waals surface area (Å²) in [6, 6.07) is 4.58. The highest BCUT2D eigenvalue weighted by atomic mass is 19.1. The first kappa shape index (κ1) is 21.7. The minimum Gasteiger partial charge on any atom is -0.469 e. The molecule has 4 amide bonds. The Balaban J connectivity index is 1.47. The molecule has 30 heavy (non-hydrogen) atoms. The van der Waals surface area contributed by atoms with Gasteiger partial charge in [0.15, 0.2) is 0 Å². The molecular formula is C21H26FN3O5. The summed E-state index contributed by atoms with van der Waals surface area (Å²) >= 11 is 0. The van der Waals surface area contributed by atoms with Crippen molar-refractivity contribution in [3.05, 3.63) is 35.6 Å². The molecule has 2 fully saturated rings. The van der Waals surface area contributed by atoms with Crippen LogP contribution in [0.2, 0.25) is 0 Å². The molecule has 0 spiro atoms. The van der Waals surface area contributed by atoms with Gasteiger partial charge in [0.25, 0.3) is 5.91 Å². The second-order valence-corrected chi connectivity index (χ2v) is 7.68. The lowest BCUT2D eigenvalue weighted by atomic mass is 9.93. The molecule has 1 N–H and O–H groups in total. The number of carbonyl (C=O) groups is 4. The number of ether oxygens (including phenoxy) is 1. The molecule has 0 radical (unpaired) electrons. The van der Waals surface area contributed by atoms with E-state index in [-0.39, 0.29) is 36.6 Å². The number of hydrogen-bond donors (Lipinski definition) is 1. The molecule has 2 saturated heterocycles.